The van der Waals surface area contributed by atoms with Crippen LogP contribution < -0.4 is 15.6 Å². The summed E-state index contributed by atoms with van der Waals surface area (Å²) in [5.74, 6) is 0.520. The zero-order chi connectivity index (χ0) is 14.7. The van der Waals surface area contributed by atoms with Gasteiger partial charge in [-0.1, -0.05) is 13.8 Å². The molecule has 5 nitrogen and oxygen atoms in total. The first-order valence-electron chi connectivity index (χ1n) is 6.49. The molecule has 1 amide bonds. The van der Waals surface area contributed by atoms with Crippen LogP contribution in [0.1, 0.15) is 19.4 Å². The number of aromatic amines is 1. The minimum atomic E-state index is -0.199. The van der Waals surface area contributed by atoms with Gasteiger partial charge in [0.25, 0.3) is 5.56 Å². The molecule has 0 spiro atoms. The van der Waals surface area contributed by atoms with Gasteiger partial charge in [-0.2, -0.15) is 0 Å². The highest BCUT2D eigenvalue weighted by atomic mass is 16.5. The maximum absolute atomic E-state index is 12.0. The molecule has 0 saturated heterocycles. The number of ether oxygens (including phenoxy) is 1. The maximum atomic E-state index is 12.0. The lowest BCUT2D eigenvalue weighted by atomic mass is 10.1. The van der Waals surface area contributed by atoms with Crippen LogP contribution in [0.3, 0.4) is 0 Å². The smallest absolute Gasteiger partial charge is 0.253 e. The number of aromatic nitrogens is 1. The van der Waals surface area contributed by atoms with Crippen molar-refractivity contribution in [1.82, 2.24) is 10.3 Å². The van der Waals surface area contributed by atoms with Crippen LogP contribution >= 0.6 is 0 Å². The highest BCUT2D eigenvalue weighted by Gasteiger charge is 2.08. The van der Waals surface area contributed by atoms with Gasteiger partial charge in [0.2, 0.25) is 5.91 Å². The number of methoxy groups -OCH3 is 1. The average Bonchev–Trinajstić information content (AvgIpc) is 2.43. The molecule has 106 valence electrons. The van der Waals surface area contributed by atoms with E-state index in [1.54, 1.807) is 19.2 Å². The van der Waals surface area contributed by atoms with Crippen molar-refractivity contribution in [2.75, 3.05) is 7.11 Å². The molecule has 0 aliphatic carbocycles. The van der Waals surface area contributed by atoms with Crippen LogP contribution in [0.5, 0.6) is 5.75 Å². The molecule has 1 heterocycles. The molecule has 1 aromatic heterocycles. The summed E-state index contributed by atoms with van der Waals surface area (Å²) in [5, 5.41) is 3.64. The van der Waals surface area contributed by atoms with Gasteiger partial charge in [0.15, 0.2) is 0 Å². The third kappa shape index (κ3) is 2.99. The van der Waals surface area contributed by atoms with Crippen LogP contribution in [-0.2, 0) is 11.3 Å². The summed E-state index contributed by atoms with van der Waals surface area (Å²) in [6.45, 7) is 3.85. The van der Waals surface area contributed by atoms with Crippen LogP contribution in [0, 0.1) is 5.92 Å². The summed E-state index contributed by atoms with van der Waals surface area (Å²) in [6, 6.07) is 7.26. The number of pyridine rings is 1. The lowest BCUT2D eigenvalue weighted by Crippen LogP contribution is -2.29. The quantitative estimate of drug-likeness (QED) is 0.893. The molecule has 5 heteroatoms. The molecule has 2 N–H and O–H groups in total. The Bertz CT molecular complexity index is 689. The second kappa shape index (κ2) is 5.77. The second-order valence-corrected chi connectivity index (χ2v) is 4.95. The lowest BCUT2D eigenvalue weighted by molar-refractivity contribution is -0.124. The summed E-state index contributed by atoms with van der Waals surface area (Å²) >= 11 is 0. The minimum absolute atomic E-state index is 0.0702. The fraction of sp³-hybridized carbons (Fsp3) is 0.333. The van der Waals surface area contributed by atoms with Gasteiger partial charge in [-0.15, -0.1) is 0 Å². The Balaban J connectivity index is 2.29. The van der Waals surface area contributed by atoms with Crippen molar-refractivity contribution in [3.05, 3.63) is 40.2 Å². The fourth-order valence-electron chi connectivity index (χ4n) is 1.87. The third-order valence-corrected chi connectivity index (χ3v) is 3.11. The van der Waals surface area contributed by atoms with Gasteiger partial charge in [0, 0.05) is 24.1 Å². The predicted molar refractivity (Wildman–Crippen MR) is 77.8 cm³/mol. The highest BCUT2D eigenvalue weighted by Crippen LogP contribution is 2.18. The molecular weight excluding hydrogens is 256 g/mol. The number of benzene rings is 1. The second-order valence-electron chi connectivity index (χ2n) is 4.95. The van der Waals surface area contributed by atoms with Gasteiger partial charge in [-0.05, 0) is 23.6 Å². The van der Waals surface area contributed by atoms with Crippen molar-refractivity contribution in [3.8, 4) is 5.75 Å². The number of rotatable bonds is 4. The number of carbonyl (C=O) groups is 1. The molecule has 0 bridgehead atoms. The first-order chi connectivity index (χ1) is 9.51. The molecule has 0 unspecified atom stereocenters. The first kappa shape index (κ1) is 14.1. The Morgan fingerprint density at radius 1 is 1.35 bits per heavy atom. The maximum Gasteiger partial charge on any atom is 0.253 e. The zero-order valence-corrected chi connectivity index (χ0v) is 11.8. The topological polar surface area (TPSA) is 71.2 Å². The summed E-state index contributed by atoms with van der Waals surface area (Å²) in [5.41, 5.74) is 1.06. The number of H-pyrrole nitrogens is 1. The third-order valence-electron chi connectivity index (χ3n) is 3.11. The van der Waals surface area contributed by atoms with Crippen molar-refractivity contribution in [1.29, 1.82) is 0 Å². The van der Waals surface area contributed by atoms with Gasteiger partial charge in [0.05, 0.1) is 12.6 Å². The van der Waals surface area contributed by atoms with Gasteiger partial charge in [0.1, 0.15) is 5.75 Å². The van der Waals surface area contributed by atoms with E-state index >= 15 is 0 Å². The summed E-state index contributed by atoms with van der Waals surface area (Å²) in [6.07, 6.45) is 0. The van der Waals surface area contributed by atoms with Crippen LogP contribution in [0.2, 0.25) is 0 Å². The van der Waals surface area contributed by atoms with E-state index in [0.29, 0.717) is 16.8 Å². The zero-order valence-electron chi connectivity index (χ0n) is 11.8. The van der Waals surface area contributed by atoms with Crippen LogP contribution in [0.15, 0.2) is 29.1 Å². The van der Waals surface area contributed by atoms with E-state index in [4.69, 9.17) is 4.74 Å². The monoisotopic (exact) mass is 274 g/mol. The molecule has 0 aliphatic heterocycles. The van der Waals surface area contributed by atoms with Crippen molar-refractivity contribution >= 4 is 16.8 Å². The average molecular weight is 274 g/mol. The van der Waals surface area contributed by atoms with E-state index in [9.17, 15) is 9.59 Å². The van der Waals surface area contributed by atoms with Crippen molar-refractivity contribution < 1.29 is 9.53 Å². The first-order valence-corrected chi connectivity index (χ1v) is 6.49. The van der Waals surface area contributed by atoms with Gasteiger partial charge >= 0.3 is 0 Å². The van der Waals surface area contributed by atoms with E-state index in [2.05, 4.69) is 10.3 Å². The van der Waals surface area contributed by atoms with E-state index in [0.717, 1.165) is 5.39 Å². The van der Waals surface area contributed by atoms with Gasteiger partial charge < -0.3 is 15.0 Å². The molecule has 0 radical (unpaired) electrons. The lowest BCUT2D eigenvalue weighted by Gasteiger charge is -2.08. The summed E-state index contributed by atoms with van der Waals surface area (Å²) in [4.78, 5) is 26.3. The molecular formula is C15H18N2O3. The fourth-order valence-corrected chi connectivity index (χ4v) is 1.87. The predicted octanol–water partition coefficient (Wildman–Crippen LogP) is 1.81. The molecule has 0 fully saturated rings. The Morgan fingerprint density at radius 2 is 2.10 bits per heavy atom. The van der Waals surface area contributed by atoms with Gasteiger partial charge in [-0.25, -0.2) is 0 Å². The molecule has 2 aromatic rings. The standard InChI is InChI=1S/C15H18N2O3/c1-9(2)14(18)16-8-11-6-10-4-5-12(20-3)7-13(10)17-15(11)19/h4-7,9H,8H2,1-3H3,(H,16,18)(H,17,19). The Morgan fingerprint density at radius 3 is 2.75 bits per heavy atom. The SMILES string of the molecule is COc1ccc2cc(CNC(=O)C(C)C)c(=O)[nH]c2c1. The molecule has 1 aromatic carbocycles. The molecule has 20 heavy (non-hydrogen) atoms. The van der Waals surface area contributed by atoms with Crippen molar-refractivity contribution in [2.24, 2.45) is 5.92 Å². The Kier molecular flexibility index (Phi) is 4.08. The van der Waals surface area contributed by atoms with E-state index in [1.807, 2.05) is 26.0 Å². The number of carbonyl (C=O) groups excluding carboxylic acids is 1. The molecule has 0 aliphatic rings. The van der Waals surface area contributed by atoms with Crippen LogP contribution in [0.4, 0.5) is 0 Å². The van der Waals surface area contributed by atoms with Crippen LogP contribution in [0.25, 0.3) is 10.9 Å². The van der Waals surface area contributed by atoms with Crippen molar-refractivity contribution in [3.63, 3.8) is 0 Å². The van der Waals surface area contributed by atoms with E-state index < -0.39 is 0 Å². The summed E-state index contributed by atoms with van der Waals surface area (Å²) < 4.78 is 5.12. The van der Waals surface area contributed by atoms with Crippen LogP contribution in [-0.4, -0.2) is 18.0 Å². The Labute approximate surface area is 117 Å². The largest absolute Gasteiger partial charge is 0.497 e. The normalized spacial score (nSPS) is 10.8. The molecule has 0 saturated carbocycles. The minimum Gasteiger partial charge on any atom is -0.497 e. The van der Waals surface area contributed by atoms with Crippen molar-refractivity contribution in [2.45, 2.75) is 20.4 Å². The highest BCUT2D eigenvalue weighted by molar-refractivity contribution is 5.81. The number of nitrogens with one attached hydrogen (secondary N) is 2. The number of hydrogen-bond donors (Lipinski definition) is 2. The summed E-state index contributed by atoms with van der Waals surface area (Å²) in [7, 11) is 1.58. The van der Waals surface area contributed by atoms with E-state index in [1.165, 1.54) is 0 Å². The number of amides is 1. The number of hydrogen-bond acceptors (Lipinski definition) is 3. The van der Waals surface area contributed by atoms with E-state index in [-0.39, 0.29) is 23.9 Å². The molecule has 0 atom stereocenters. The Hall–Kier alpha value is -2.30. The number of fused-ring (bicyclic) bond motifs is 1. The molecule has 2 rings (SSSR count). The van der Waals surface area contributed by atoms with Gasteiger partial charge in [-0.3, -0.25) is 9.59 Å².